The van der Waals surface area contributed by atoms with Gasteiger partial charge in [-0.1, -0.05) is 17.3 Å². The summed E-state index contributed by atoms with van der Waals surface area (Å²) >= 11 is 0. The van der Waals surface area contributed by atoms with Gasteiger partial charge in [-0.15, -0.1) is 5.10 Å². The number of benzene rings is 1. The van der Waals surface area contributed by atoms with Crippen molar-refractivity contribution in [2.45, 2.75) is 13.2 Å². The van der Waals surface area contributed by atoms with Crippen LogP contribution in [0.4, 0.5) is 14.5 Å². The Hall–Kier alpha value is -2.55. The summed E-state index contributed by atoms with van der Waals surface area (Å²) in [5.74, 6) is -0.709. The summed E-state index contributed by atoms with van der Waals surface area (Å²) in [6.07, 6.45) is 1.42. The average molecular weight is 297 g/mol. The van der Waals surface area contributed by atoms with E-state index in [0.29, 0.717) is 13.1 Å². The molecule has 0 saturated carbocycles. The number of ether oxygens (including phenoxy) is 1. The van der Waals surface area contributed by atoms with E-state index in [9.17, 15) is 13.6 Å². The van der Waals surface area contributed by atoms with Gasteiger partial charge in [0.1, 0.15) is 5.75 Å². The molecule has 1 amide bonds. The molecule has 9 heteroatoms. The summed E-state index contributed by atoms with van der Waals surface area (Å²) in [6.45, 7) is -2.20. The highest BCUT2D eigenvalue weighted by atomic mass is 19.3. The first kappa shape index (κ1) is 14.9. The van der Waals surface area contributed by atoms with E-state index in [-0.39, 0.29) is 17.1 Å². The highest BCUT2D eigenvalue weighted by molar-refractivity contribution is 6.03. The van der Waals surface area contributed by atoms with Gasteiger partial charge in [-0.25, -0.2) is 0 Å². The van der Waals surface area contributed by atoms with E-state index in [4.69, 9.17) is 5.73 Å². The highest BCUT2D eigenvalue weighted by Gasteiger charge is 2.15. The molecule has 3 N–H and O–H groups in total. The van der Waals surface area contributed by atoms with Crippen LogP contribution in [0.2, 0.25) is 0 Å². The molecule has 0 radical (unpaired) electrons. The van der Waals surface area contributed by atoms with Crippen LogP contribution in [0, 0.1) is 0 Å². The molecule has 21 heavy (non-hydrogen) atoms. The monoisotopic (exact) mass is 297 g/mol. The summed E-state index contributed by atoms with van der Waals surface area (Å²) in [7, 11) is 0. The number of amides is 1. The fourth-order valence-electron chi connectivity index (χ4n) is 1.60. The number of anilines is 1. The van der Waals surface area contributed by atoms with Crippen molar-refractivity contribution in [3.8, 4) is 5.75 Å². The van der Waals surface area contributed by atoms with E-state index in [1.807, 2.05) is 0 Å². The summed E-state index contributed by atoms with van der Waals surface area (Å²) in [5.41, 5.74) is 5.53. The van der Waals surface area contributed by atoms with E-state index >= 15 is 0 Å². The van der Waals surface area contributed by atoms with Crippen molar-refractivity contribution in [2.75, 3.05) is 11.9 Å². The summed E-state index contributed by atoms with van der Waals surface area (Å²) in [5, 5.41) is 9.84. The van der Waals surface area contributed by atoms with Gasteiger partial charge in [0.2, 0.25) is 0 Å². The molecule has 2 rings (SSSR count). The lowest BCUT2D eigenvalue weighted by Gasteiger charge is -2.10. The lowest BCUT2D eigenvalue weighted by Crippen LogP contribution is -2.14. The minimum absolute atomic E-state index is 0.0512. The van der Waals surface area contributed by atoms with Gasteiger partial charge >= 0.3 is 6.61 Å². The lowest BCUT2D eigenvalue weighted by atomic mass is 10.3. The van der Waals surface area contributed by atoms with E-state index in [1.165, 1.54) is 29.1 Å². The highest BCUT2D eigenvalue weighted by Crippen LogP contribution is 2.25. The molecule has 1 aromatic carbocycles. The first-order valence-corrected chi connectivity index (χ1v) is 6.05. The Kier molecular flexibility index (Phi) is 4.77. The number of hydrogen-bond acceptors (Lipinski definition) is 5. The molecule has 0 atom stereocenters. The predicted octanol–water partition coefficient (Wildman–Crippen LogP) is 1.09. The largest absolute Gasteiger partial charge is 0.433 e. The maximum Gasteiger partial charge on any atom is 0.387 e. The van der Waals surface area contributed by atoms with E-state index in [1.54, 1.807) is 6.07 Å². The molecule has 0 spiro atoms. The Labute approximate surface area is 118 Å². The van der Waals surface area contributed by atoms with E-state index < -0.39 is 12.5 Å². The molecule has 1 heterocycles. The third-order valence-electron chi connectivity index (χ3n) is 2.48. The van der Waals surface area contributed by atoms with Crippen LogP contribution in [-0.4, -0.2) is 34.1 Å². The molecular formula is C12H13F2N5O2. The molecule has 1 aromatic heterocycles. The van der Waals surface area contributed by atoms with Crippen LogP contribution < -0.4 is 15.8 Å². The first-order valence-electron chi connectivity index (χ1n) is 6.05. The average Bonchev–Trinajstić information content (AvgIpc) is 2.89. The number of nitrogens with zero attached hydrogens (tertiary/aromatic N) is 3. The number of carbonyl (C=O) groups is 1. The number of nitrogens with one attached hydrogen (secondary N) is 1. The molecule has 0 saturated heterocycles. The van der Waals surface area contributed by atoms with Crippen LogP contribution in [0.1, 0.15) is 10.5 Å². The fourth-order valence-corrected chi connectivity index (χ4v) is 1.60. The number of hydrogen-bond donors (Lipinski definition) is 2. The number of aromatic nitrogens is 3. The SMILES string of the molecule is NCCn1cc(C(=O)Nc2ccccc2OC(F)F)nn1. The number of halogens is 2. The van der Waals surface area contributed by atoms with E-state index in [0.717, 1.165) is 0 Å². The van der Waals surface area contributed by atoms with Crippen molar-refractivity contribution in [1.82, 2.24) is 15.0 Å². The molecule has 2 aromatic rings. The number of para-hydroxylation sites is 2. The zero-order chi connectivity index (χ0) is 15.2. The predicted molar refractivity (Wildman–Crippen MR) is 70.1 cm³/mol. The number of rotatable bonds is 6. The Balaban J connectivity index is 2.11. The van der Waals surface area contributed by atoms with Gasteiger partial charge in [-0.05, 0) is 12.1 Å². The zero-order valence-electron chi connectivity index (χ0n) is 10.9. The second-order valence-electron chi connectivity index (χ2n) is 3.98. The smallest absolute Gasteiger partial charge is 0.387 e. The van der Waals surface area contributed by atoms with E-state index in [2.05, 4.69) is 20.4 Å². The standard InChI is InChI=1S/C12H13F2N5O2/c13-12(14)21-10-4-2-1-3-8(10)16-11(20)9-7-19(6-5-15)18-17-9/h1-4,7,12H,5-6,15H2,(H,16,20). The minimum atomic E-state index is -2.98. The Morgan fingerprint density at radius 2 is 2.19 bits per heavy atom. The van der Waals surface area contributed by atoms with Crippen LogP contribution >= 0.6 is 0 Å². The number of carbonyl (C=O) groups excluding carboxylic acids is 1. The van der Waals surface area contributed by atoms with Crippen LogP contribution in [0.3, 0.4) is 0 Å². The Morgan fingerprint density at radius 1 is 1.43 bits per heavy atom. The summed E-state index contributed by atoms with van der Waals surface area (Å²) in [6, 6.07) is 5.87. The molecule has 0 unspecified atom stereocenters. The van der Waals surface area contributed by atoms with Crippen molar-refractivity contribution in [3.05, 3.63) is 36.2 Å². The van der Waals surface area contributed by atoms with Crippen molar-refractivity contribution in [3.63, 3.8) is 0 Å². The summed E-state index contributed by atoms with van der Waals surface area (Å²) in [4.78, 5) is 12.0. The Morgan fingerprint density at radius 3 is 2.90 bits per heavy atom. The molecule has 112 valence electrons. The quantitative estimate of drug-likeness (QED) is 0.832. The maximum atomic E-state index is 12.3. The normalized spacial score (nSPS) is 10.7. The van der Waals surface area contributed by atoms with Gasteiger partial charge in [0.15, 0.2) is 5.69 Å². The molecule has 7 nitrogen and oxygen atoms in total. The van der Waals surface area contributed by atoms with Crippen LogP contribution in [0.15, 0.2) is 30.5 Å². The molecule has 0 bridgehead atoms. The third-order valence-corrected chi connectivity index (χ3v) is 2.48. The third kappa shape index (κ3) is 3.96. The van der Waals surface area contributed by atoms with Crippen molar-refractivity contribution < 1.29 is 18.3 Å². The van der Waals surface area contributed by atoms with Crippen molar-refractivity contribution >= 4 is 11.6 Å². The van der Waals surface area contributed by atoms with Gasteiger partial charge in [0, 0.05) is 6.54 Å². The molecular weight excluding hydrogens is 284 g/mol. The fraction of sp³-hybridized carbons (Fsp3) is 0.250. The maximum absolute atomic E-state index is 12.3. The molecule has 0 aliphatic rings. The van der Waals surface area contributed by atoms with Gasteiger partial charge in [0.05, 0.1) is 18.4 Å². The van der Waals surface area contributed by atoms with Crippen LogP contribution in [-0.2, 0) is 6.54 Å². The molecule has 0 aliphatic carbocycles. The van der Waals surface area contributed by atoms with Crippen LogP contribution in [0.5, 0.6) is 5.75 Å². The first-order chi connectivity index (χ1) is 10.1. The number of nitrogens with two attached hydrogens (primary N) is 1. The zero-order valence-corrected chi connectivity index (χ0v) is 10.9. The van der Waals surface area contributed by atoms with Gasteiger partial charge < -0.3 is 15.8 Å². The second-order valence-corrected chi connectivity index (χ2v) is 3.98. The van der Waals surface area contributed by atoms with Crippen molar-refractivity contribution in [2.24, 2.45) is 5.73 Å². The van der Waals surface area contributed by atoms with Crippen molar-refractivity contribution in [1.29, 1.82) is 0 Å². The minimum Gasteiger partial charge on any atom is -0.433 e. The van der Waals surface area contributed by atoms with Gasteiger partial charge in [-0.2, -0.15) is 8.78 Å². The second kappa shape index (κ2) is 6.75. The van der Waals surface area contributed by atoms with Crippen LogP contribution in [0.25, 0.3) is 0 Å². The van der Waals surface area contributed by atoms with Gasteiger partial charge in [0.25, 0.3) is 5.91 Å². The number of alkyl halides is 2. The topological polar surface area (TPSA) is 95.1 Å². The Bertz CT molecular complexity index is 617. The van der Waals surface area contributed by atoms with Gasteiger partial charge in [-0.3, -0.25) is 9.48 Å². The lowest BCUT2D eigenvalue weighted by molar-refractivity contribution is -0.0493. The molecule has 0 aliphatic heterocycles. The molecule has 0 fully saturated rings. The summed E-state index contributed by atoms with van der Waals surface area (Å²) < 4.78 is 30.3.